The molecule has 8 nitrogen and oxygen atoms in total. The molecular formula is C30H24O8. The molecule has 1 spiro atoms. The van der Waals surface area contributed by atoms with Crippen molar-refractivity contribution in [1.82, 2.24) is 0 Å². The second kappa shape index (κ2) is 6.73. The lowest BCUT2D eigenvalue weighted by Crippen LogP contribution is -2.57. The Balaban J connectivity index is 1.47. The number of carbonyl (C=O) groups excluding carboxylic acids is 4. The minimum atomic E-state index is -0.948. The van der Waals surface area contributed by atoms with Gasteiger partial charge in [-0.15, -0.1) is 0 Å². The summed E-state index contributed by atoms with van der Waals surface area (Å²) >= 11 is 0. The van der Waals surface area contributed by atoms with Crippen LogP contribution in [0.15, 0.2) is 60.2 Å². The molecule has 8 unspecified atom stereocenters. The van der Waals surface area contributed by atoms with Crippen molar-refractivity contribution < 1.29 is 38.1 Å². The van der Waals surface area contributed by atoms with E-state index in [-0.39, 0.29) is 5.92 Å². The topological polar surface area (TPSA) is 105 Å². The van der Waals surface area contributed by atoms with Crippen LogP contribution in [0.1, 0.15) is 24.0 Å². The van der Waals surface area contributed by atoms with Gasteiger partial charge < -0.3 is 18.9 Å². The van der Waals surface area contributed by atoms with Crippen molar-refractivity contribution in [2.45, 2.75) is 23.7 Å². The van der Waals surface area contributed by atoms with Crippen molar-refractivity contribution in [3.8, 4) is 11.5 Å². The second-order valence-electron chi connectivity index (χ2n) is 11.4. The summed E-state index contributed by atoms with van der Waals surface area (Å²) in [7, 11) is 3.17. The standard InChI is InChI=1S/C30H24O8/c1-35-17-7-3-15(4-8-17)28-13-30(16-5-9-18(36-2)10-6-16,23-22(28)26(33)38-27(23)34)29-12-14(11-19(28)29)20-21(29)25(32)37-24(20)31/h3-11,14,20-23H,12-13H2,1-2H3. The molecule has 8 rings (SSSR count). The Kier molecular flexibility index (Phi) is 3.91. The first-order valence-corrected chi connectivity index (χ1v) is 12.9. The number of rotatable bonds is 4. The van der Waals surface area contributed by atoms with Crippen LogP contribution in [-0.4, -0.2) is 38.1 Å². The van der Waals surface area contributed by atoms with Gasteiger partial charge in [0.25, 0.3) is 0 Å². The van der Waals surface area contributed by atoms with Crippen LogP contribution in [0.3, 0.4) is 0 Å². The van der Waals surface area contributed by atoms with Crippen molar-refractivity contribution in [3.05, 3.63) is 71.3 Å². The molecule has 2 aromatic carbocycles. The smallest absolute Gasteiger partial charge is 0.318 e. The maximum atomic E-state index is 13.6. The first-order valence-electron chi connectivity index (χ1n) is 12.9. The first-order chi connectivity index (χ1) is 18.3. The molecule has 6 aliphatic rings. The molecule has 2 aliphatic heterocycles. The van der Waals surface area contributed by atoms with E-state index in [9.17, 15) is 19.2 Å². The monoisotopic (exact) mass is 512 g/mol. The predicted molar refractivity (Wildman–Crippen MR) is 129 cm³/mol. The fourth-order valence-electron chi connectivity index (χ4n) is 9.70. The van der Waals surface area contributed by atoms with Gasteiger partial charge in [-0.3, -0.25) is 19.2 Å². The maximum absolute atomic E-state index is 13.6. The number of benzene rings is 2. The van der Waals surface area contributed by atoms with E-state index in [1.54, 1.807) is 14.2 Å². The Labute approximate surface area is 217 Å². The second-order valence-corrected chi connectivity index (χ2v) is 11.4. The van der Waals surface area contributed by atoms with E-state index >= 15 is 0 Å². The van der Waals surface area contributed by atoms with Gasteiger partial charge in [0.05, 0.1) is 37.9 Å². The average Bonchev–Trinajstić information content (AvgIpc) is 3.73. The number of hydrogen-bond donors (Lipinski definition) is 0. The molecule has 0 amide bonds. The van der Waals surface area contributed by atoms with Crippen LogP contribution in [-0.2, 0) is 39.5 Å². The van der Waals surface area contributed by atoms with Crippen LogP contribution in [0, 0.1) is 35.0 Å². The zero-order valence-corrected chi connectivity index (χ0v) is 20.8. The van der Waals surface area contributed by atoms with Crippen LogP contribution >= 0.6 is 0 Å². The molecule has 4 bridgehead atoms. The van der Waals surface area contributed by atoms with Crippen molar-refractivity contribution in [1.29, 1.82) is 0 Å². The van der Waals surface area contributed by atoms with Crippen LogP contribution in [0.5, 0.6) is 11.5 Å². The summed E-state index contributed by atoms with van der Waals surface area (Å²) in [6, 6.07) is 15.1. The summed E-state index contributed by atoms with van der Waals surface area (Å²) in [4.78, 5) is 53.5. The quantitative estimate of drug-likeness (QED) is 0.350. The maximum Gasteiger partial charge on any atom is 0.318 e. The van der Waals surface area contributed by atoms with E-state index < -0.39 is 63.8 Å². The molecule has 2 heterocycles. The Hall–Kier alpha value is -3.94. The molecule has 3 saturated carbocycles. The summed E-state index contributed by atoms with van der Waals surface area (Å²) in [5.41, 5.74) is 0.0112. The summed E-state index contributed by atoms with van der Waals surface area (Å²) in [5.74, 6) is -3.85. The van der Waals surface area contributed by atoms with Gasteiger partial charge in [0.15, 0.2) is 0 Å². The van der Waals surface area contributed by atoms with E-state index in [1.807, 2.05) is 48.5 Å². The van der Waals surface area contributed by atoms with Gasteiger partial charge >= 0.3 is 23.9 Å². The SMILES string of the molecule is COc1ccc(C23CC(c4ccc(OC)cc4)(C4C(=O)OC(=O)C42)C24CC(C=C32)C2C(=O)OC(=O)C24)cc1. The van der Waals surface area contributed by atoms with E-state index in [1.165, 1.54) is 0 Å². The molecule has 2 saturated heterocycles. The molecule has 0 N–H and O–H groups in total. The fourth-order valence-corrected chi connectivity index (χ4v) is 9.70. The molecule has 192 valence electrons. The normalized spacial score (nSPS) is 41.0. The molecule has 2 aromatic rings. The molecular weight excluding hydrogens is 488 g/mol. The lowest BCUT2D eigenvalue weighted by molar-refractivity contribution is -0.159. The van der Waals surface area contributed by atoms with Crippen LogP contribution in [0.2, 0.25) is 0 Å². The highest BCUT2D eigenvalue weighted by atomic mass is 16.6. The van der Waals surface area contributed by atoms with Gasteiger partial charge in [-0.25, -0.2) is 0 Å². The van der Waals surface area contributed by atoms with E-state index in [2.05, 4.69) is 6.08 Å². The van der Waals surface area contributed by atoms with Crippen LogP contribution in [0.4, 0.5) is 0 Å². The fraction of sp³-hybridized carbons (Fsp3) is 0.400. The van der Waals surface area contributed by atoms with Crippen molar-refractivity contribution in [2.24, 2.45) is 35.0 Å². The van der Waals surface area contributed by atoms with Gasteiger partial charge in [-0.05, 0) is 54.2 Å². The van der Waals surface area contributed by atoms with Gasteiger partial charge in [0.2, 0.25) is 0 Å². The van der Waals surface area contributed by atoms with Crippen molar-refractivity contribution in [2.75, 3.05) is 14.2 Å². The van der Waals surface area contributed by atoms with Gasteiger partial charge in [0.1, 0.15) is 11.5 Å². The third kappa shape index (κ3) is 2.08. The van der Waals surface area contributed by atoms with Crippen LogP contribution in [0.25, 0.3) is 0 Å². The number of esters is 4. The van der Waals surface area contributed by atoms with Crippen molar-refractivity contribution >= 4 is 23.9 Å². The molecule has 8 heteroatoms. The largest absolute Gasteiger partial charge is 0.497 e. The highest BCUT2D eigenvalue weighted by molar-refractivity contribution is 6.04. The zero-order valence-electron chi connectivity index (χ0n) is 20.8. The third-order valence-electron chi connectivity index (χ3n) is 10.6. The molecule has 5 fully saturated rings. The average molecular weight is 513 g/mol. The lowest BCUT2D eigenvalue weighted by atomic mass is 9.47. The number of ether oxygens (including phenoxy) is 4. The lowest BCUT2D eigenvalue weighted by Gasteiger charge is -2.52. The third-order valence-corrected chi connectivity index (χ3v) is 10.6. The Morgan fingerprint density at radius 1 is 0.684 bits per heavy atom. The Morgan fingerprint density at radius 3 is 1.87 bits per heavy atom. The molecule has 0 aromatic heterocycles. The minimum absolute atomic E-state index is 0.200. The van der Waals surface area contributed by atoms with E-state index in [0.29, 0.717) is 24.3 Å². The van der Waals surface area contributed by atoms with Gasteiger partial charge in [0, 0.05) is 16.2 Å². The zero-order chi connectivity index (χ0) is 26.2. The van der Waals surface area contributed by atoms with E-state index in [0.717, 1.165) is 16.7 Å². The summed E-state index contributed by atoms with van der Waals surface area (Å²) in [5, 5.41) is 0. The molecule has 4 aliphatic carbocycles. The molecule has 8 atom stereocenters. The van der Waals surface area contributed by atoms with Gasteiger partial charge in [-0.1, -0.05) is 35.9 Å². The number of allylic oxidation sites excluding steroid dienone is 2. The molecule has 0 radical (unpaired) electrons. The highest BCUT2D eigenvalue weighted by Gasteiger charge is 2.89. The molecule has 38 heavy (non-hydrogen) atoms. The predicted octanol–water partition coefficient (Wildman–Crippen LogP) is 2.87. The summed E-state index contributed by atoms with van der Waals surface area (Å²) < 4.78 is 21.4. The summed E-state index contributed by atoms with van der Waals surface area (Å²) in [6.45, 7) is 0. The number of carbonyl (C=O) groups is 4. The number of hydrogen-bond acceptors (Lipinski definition) is 8. The summed E-state index contributed by atoms with van der Waals surface area (Å²) in [6.07, 6.45) is 3.11. The number of methoxy groups -OCH3 is 2. The minimum Gasteiger partial charge on any atom is -0.497 e. The number of cyclic esters (lactones) is 4. The van der Waals surface area contributed by atoms with Gasteiger partial charge in [-0.2, -0.15) is 0 Å². The first kappa shape index (κ1) is 22.1. The van der Waals surface area contributed by atoms with E-state index in [4.69, 9.17) is 18.9 Å². The Morgan fingerprint density at radius 2 is 1.24 bits per heavy atom. The van der Waals surface area contributed by atoms with Crippen molar-refractivity contribution in [3.63, 3.8) is 0 Å². The Bertz CT molecular complexity index is 1510. The van der Waals surface area contributed by atoms with Crippen LogP contribution < -0.4 is 9.47 Å². The highest BCUT2D eigenvalue weighted by Crippen LogP contribution is 2.86. The number of fused-ring (bicyclic) bond motifs is 9.